The average molecular weight is 392 g/mol. The van der Waals surface area contributed by atoms with E-state index >= 15 is 0 Å². The molecule has 148 valence electrons. The zero-order chi connectivity index (χ0) is 20.3. The van der Waals surface area contributed by atoms with Gasteiger partial charge in [0, 0.05) is 25.2 Å². The van der Waals surface area contributed by atoms with Crippen LogP contribution < -0.4 is 10.1 Å². The summed E-state index contributed by atoms with van der Waals surface area (Å²) >= 11 is 0. The Kier molecular flexibility index (Phi) is 5.58. The summed E-state index contributed by atoms with van der Waals surface area (Å²) in [7, 11) is 0. The number of alkyl halides is 3. The molecule has 0 saturated heterocycles. The van der Waals surface area contributed by atoms with Gasteiger partial charge in [-0.15, -0.1) is 13.2 Å². The lowest BCUT2D eigenvalue weighted by Gasteiger charge is -2.36. The Bertz CT molecular complexity index is 883. The van der Waals surface area contributed by atoms with E-state index in [-0.39, 0.29) is 18.0 Å². The van der Waals surface area contributed by atoms with E-state index in [1.165, 1.54) is 19.1 Å². The zero-order valence-corrected chi connectivity index (χ0v) is 15.1. The van der Waals surface area contributed by atoms with Gasteiger partial charge >= 0.3 is 6.36 Å². The molecule has 1 aliphatic rings. The molecule has 0 fully saturated rings. The Morgan fingerprint density at radius 3 is 2.64 bits per heavy atom. The van der Waals surface area contributed by atoms with Crippen LogP contribution in [0, 0.1) is 0 Å². The molecule has 3 rings (SSSR count). The van der Waals surface area contributed by atoms with Gasteiger partial charge in [-0.1, -0.05) is 30.3 Å². The predicted octanol–water partition coefficient (Wildman–Crippen LogP) is 4.06. The fraction of sp³-hybridized carbons (Fsp3) is 0.300. The molecule has 8 heteroatoms. The predicted molar refractivity (Wildman–Crippen MR) is 96.6 cm³/mol. The van der Waals surface area contributed by atoms with E-state index in [0.717, 1.165) is 23.3 Å². The lowest BCUT2D eigenvalue weighted by Crippen LogP contribution is -2.40. The third kappa shape index (κ3) is 4.82. The van der Waals surface area contributed by atoms with Gasteiger partial charge < -0.3 is 15.0 Å². The van der Waals surface area contributed by atoms with Crippen molar-refractivity contribution in [3.8, 4) is 5.75 Å². The number of carbonyl (C=O) groups excluding carboxylic acids is 2. The van der Waals surface area contributed by atoms with Crippen molar-refractivity contribution >= 4 is 17.5 Å². The molecule has 1 aliphatic heterocycles. The van der Waals surface area contributed by atoms with E-state index in [0.29, 0.717) is 13.0 Å². The smallest absolute Gasteiger partial charge is 0.406 e. The monoisotopic (exact) mass is 392 g/mol. The molecule has 2 amide bonds. The fourth-order valence-electron chi connectivity index (χ4n) is 3.41. The molecule has 0 aliphatic carbocycles. The number of benzene rings is 2. The van der Waals surface area contributed by atoms with Gasteiger partial charge in [0.2, 0.25) is 11.8 Å². The first-order valence-corrected chi connectivity index (χ1v) is 8.73. The molecular weight excluding hydrogens is 373 g/mol. The molecule has 0 aromatic heterocycles. The van der Waals surface area contributed by atoms with E-state index in [9.17, 15) is 22.8 Å². The van der Waals surface area contributed by atoms with Gasteiger partial charge in [0.25, 0.3) is 0 Å². The third-order valence-corrected chi connectivity index (χ3v) is 4.55. The number of ether oxygens (including phenoxy) is 1. The van der Waals surface area contributed by atoms with Gasteiger partial charge in [0.15, 0.2) is 0 Å². The largest absolute Gasteiger partial charge is 0.573 e. The van der Waals surface area contributed by atoms with E-state index in [1.807, 2.05) is 24.3 Å². The lowest BCUT2D eigenvalue weighted by molar-refractivity contribution is -0.274. The van der Waals surface area contributed by atoms with Gasteiger partial charge in [-0.2, -0.15) is 0 Å². The van der Waals surface area contributed by atoms with Crippen molar-refractivity contribution in [1.82, 2.24) is 4.90 Å². The normalized spacial score (nSPS) is 16.3. The zero-order valence-electron chi connectivity index (χ0n) is 15.1. The van der Waals surface area contributed by atoms with Crippen molar-refractivity contribution in [2.75, 3.05) is 11.9 Å². The molecule has 28 heavy (non-hydrogen) atoms. The third-order valence-electron chi connectivity index (χ3n) is 4.55. The van der Waals surface area contributed by atoms with Crippen LogP contribution >= 0.6 is 0 Å². The number of amides is 2. The second-order valence-electron chi connectivity index (χ2n) is 6.50. The summed E-state index contributed by atoms with van der Waals surface area (Å²) in [6.07, 6.45) is -4.10. The van der Waals surface area contributed by atoms with E-state index in [1.54, 1.807) is 4.90 Å². The summed E-state index contributed by atoms with van der Waals surface area (Å²) in [5.74, 6) is -0.955. The van der Waals surface area contributed by atoms with Crippen LogP contribution in [0.1, 0.15) is 30.5 Å². The summed E-state index contributed by atoms with van der Waals surface area (Å²) in [6.45, 7) is 1.97. The number of hydrogen-bond donors (Lipinski definition) is 1. The molecule has 1 atom stereocenters. The summed E-state index contributed by atoms with van der Waals surface area (Å²) in [5, 5.41) is 2.58. The summed E-state index contributed by atoms with van der Waals surface area (Å²) in [4.78, 5) is 26.2. The molecular formula is C20H19F3N2O3. The quantitative estimate of drug-likeness (QED) is 0.854. The van der Waals surface area contributed by atoms with Gasteiger partial charge in [-0.05, 0) is 29.7 Å². The molecule has 1 unspecified atom stereocenters. The number of hydrogen-bond acceptors (Lipinski definition) is 3. The number of rotatable bonds is 4. The number of anilines is 1. The Balaban J connectivity index is 1.75. The number of carbonyl (C=O) groups is 2. The maximum atomic E-state index is 12.5. The van der Waals surface area contributed by atoms with Crippen molar-refractivity contribution in [3.63, 3.8) is 0 Å². The SMILES string of the molecule is CC(=O)N1CCc2ccccc2C1CC(=O)Nc1cccc(OC(F)(F)F)c1. The highest BCUT2D eigenvalue weighted by atomic mass is 19.4. The van der Waals surface area contributed by atoms with Crippen LogP contribution in [0.15, 0.2) is 48.5 Å². The fourth-order valence-corrected chi connectivity index (χ4v) is 3.41. The number of fused-ring (bicyclic) bond motifs is 1. The maximum Gasteiger partial charge on any atom is 0.573 e. The molecule has 2 aromatic carbocycles. The first-order chi connectivity index (χ1) is 13.2. The molecule has 0 bridgehead atoms. The van der Waals surface area contributed by atoms with Crippen molar-refractivity contribution in [1.29, 1.82) is 0 Å². The Morgan fingerprint density at radius 2 is 1.93 bits per heavy atom. The Hall–Kier alpha value is -3.03. The second-order valence-corrected chi connectivity index (χ2v) is 6.50. The van der Waals surface area contributed by atoms with Crippen LogP contribution in [0.3, 0.4) is 0 Å². The standard InChI is InChI=1S/C20H19F3N2O3/c1-13(26)25-10-9-14-5-2-3-8-17(14)18(25)12-19(27)24-15-6-4-7-16(11-15)28-20(21,22)23/h2-8,11,18H,9-10,12H2,1H3,(H,24,27). The van der Waals surface area contributed by atoms with E-state index < -0.39 is 24.1 Å². The highest BCUT2D eigenvalue weighted by molar-refractivity contribution is 5.92. The first-order valence-electron chi connectivity index (χ1n) is 8.73. The minimum Gasteiger partial charge on any atom is -0.406 e. The van der Waals surface area contributed by atoms with Crippen molar-refractivity contribution in [2.24, 2.45) is 0 Å². The Morgan fingerprint density at radius 1 is 1.18 bits per heavy atom. The highest BCUT2D eigenvalue weighted by Gasteiger charge is 2.32. The Labute approximate surface area is 160 Å². The van der Waals surface area contributed by atoms with Crippen LogP contribution in [0.2, 0.25) is 0 Å². The first kappa shape index (κ1) is 19.7. The number of halogens is 3. The highest BCUT2D eigenvalue weighted by Crippen LogP contribution is 2.33. The maximum absolute atomic E-state index is 12.5. The summed E-state index contributed by atoms with van der Waals surface area (Å²) in [6, 6.07) is 12.3. The van der Waals surface area contributed by atoms with Crippen LogP contribution in [-0.4, -0.2) is 29.6 Å². The molecule has 5 nitrogen and oxygen atoms in total. The molecule has 1 N–H and O–H groups in total. The van der Waals surface area contributed by atoms with Gasteiger partial charge in [0.1, 0.15) is 5.75 Å². The molecule has 0 spiro atoms. The lowest BCUT2D eigenvalue weighted by atomic mass is 9.90. The molecule has 2 aromatic rings. The second kappa shape index (κ2) is 7.92. The summed E-state index contributed by atoms with van der Waals surface area (Å²) in [5.41, 5.74) is 2.18. The van der Waals surface area contributed by atoms with Crippen LogP contribution in [0.5, 0.6) is 5.75 Å². The van der Waals surface area contributed by atoms with Gasteiger partial charge in [-0.3, -0.25) is 9.59 Å². The minimum absolute atomic E-state index is 0.000941. The van der Waals surface area contributed by atoms with E-state index in [2.05, 4.69) is 10.1 Å². The topological polar surface area (TPSA) is 58.6 Å². The van der Waals surface area contributed by atoms with Crippen molar-refractivity contribution in [2.45, 2.75) is 32.2 Å². The average Bonchev–Trinajstić information content (AvgIpc) is 2.60. The van der Waals surface area contributed by atoms with Crippen LogP contribution in [-0.2, 0) is 16.0 Å². The molecule has 1 heterocycles. The molecule has 0 radical (unpaired) electrons. The summed E-state index contributed by atoms with van der Waals surface area (Å²) < 4.78 is 40.9. The van der Waals surface area contributed by atoms with Gasteiger partial charge in [-0.25, -0.2) is 0 Å². The van der Waals surface area contributed by atoms with E-state index in [4.69, 9.17) is 0 Å². The minimum atomic E-state index is -4.81. The van der Waals surface area contributed by atoms with Gasteiger partial charge in [0.05, 0.1) is 12.5 Å². The van der Waals surface area contributed by atoms with Crippen LogP contribution in [0.4, 0.5) is 18.9 Å². The van der Waals surface area contributed by atoms with Crippen molar-refractivity contribution in [3.05, 3.63) is 59.7 Å². The molecule has 0 saturated carbocycles. The number of nitrogens with one attached hydrogen (secondary N) is 1. The van der Waals surface area contributed by atoms with Crippen LogP contribution in [0.25, 0.3) is 0 Å². The number of nitrogens with zero attached hydrogens (tertiary/aromatic N) is 1. The van der Waals surface area contributed by atoms with Crippen molar-refractivity contribution < 1.29 is 27.5 Å².